The van der Waals surface area contributed by atoms with E-state index in [-0.39, 0.29) is 23.2 Å². The molecule has 0 spiro atoms. The monoisotopic (exact) mass is 310 g/mol. The van der Waals surface area contributed by atoms with Crippen molar-refractivity contribution in [3.8, 4) is 5.75 Å². The normalized spacial score (nSPS) is 16.1. The Hall–Kier alpha value is -1.36. The number of ether oxygens (including phenoxy) is 1. The largest absolute Gasteiger partial charge is 0.496 e. The van der Waals surface area contributed by atoms with Crippen molar-refractivity contribution in [3.05, 3.63) is 29.3 Å². The van der Waals surface area contributed by atoms with Gasteiger partial charge in [0, 0.05) is 11.1 Å². The van der Waals surface area contributed by atoms with Crippen LogP contribution in [0.3, 0.4) is 0 Å². The predicted molar refractivity (Wildman–Crippen MR) is 82.4 cm³/mol. The van der Waals surface area contributed by atoms with Crippen molar-refractivity contribution in [1.29, 1.82) is 0 Å². The van der Waals surface area contributed by atoms with Gasteiger partial charge in [0.15, 0.2) is 15.6 Å². The van der Waals surface area contributed by atoms with E-state index in [0.29, 0.717) is 16.9 Å². The fourth-order valence-corrected chi connectivity index (χ4v) is 4.81. The molecule has 4 nitrogen and oxygen atoms in total. The van der Waals surface area contributed by atoms with E-state index in [1.807, 2.05) is 0 Å². The number of carbonyl (C=O) groups excluding carboxylic acids is 1. The van der Waals surface area contributed by atoms with Crippen LogP contribution in [0.25, 0.3) is 0 Å². The first-order valence-electron chi connectivity index (χ1n) is 7.29. The molecule has 0 unspecified atom stereocenters. The highest BCUT2D eigenvalue weighted by Crippen LogP contribution is 2.28. The van der Waals surface area contributed by atoms with Gasteiger partial charge in [-0.1, -0.05) is 12.8 Å². The number of rotatable bonds is 6. The molecule has 0 N–H and O–H groups in total. The number of Topliss-reactive ketones (excluding diaryl/α,β-unsaturated/α-hetero) is 1. The standard InChI is InChI=1S/C16H22O4S/c1-12(17)14-7-8-16(20-2)15(9-14)11-21(18,19)10-13-5-3-4-6-13/h7-9,13H,3-6,10-11H2,1-2H3. The molecule has 0 amide bonds. The van der Waals surface area contributed by atoms with Crippen molar-refractivity contribution in [1.82, 2.24) is 0 Å². The molecule has 1 fully saturated rings. The van der Waals surface area contributed by atoms with Gasteiger partial charge in [-0.25, -0.2) is 8.42 Å². The number of sulfone groups is 1. The smallest absolute Gasteiger partial charge is 0.159 e. The lowest BCUT2D eigenvalue weighted by Crippen LogP contribution is -2.16. The zero-order valence-electron chi connectivity index (χ0n) is 12.6. The zero-order valence-corrected chi connectivity index (χ0v) is 13.4. The molecular formula is C16H22O4S. The van der Waals surface area contributed by atoms with E-state index in [9.17, 15) is 13.2 Å². The van der Waals surface area contributed by atoms with Gasteiger partial charge >= 0.3 is 0 Å². The van der Waals surface area contributed by atoms with E-state index in [1.165, 1.54) is 14.0 Å². The second-order valence-electron chi connectivity index (χ2n) is 5.79. The molecule has 0 bridgehead atoms. The van der Waals surface area contributed by atoms with E-state index in [1.54, 1.807) is 18.2 Å². The highest BCUT2D eigenvalue weighted by atomic mass is 32.2. The molecule has 2 rings (SSSR count). The Morgan fingerprint density at radius 3 is 2.52 bits per heavy atom. The maximum Gasteiger partial charge on any atom is 0.159 e. The predicted octanol–water partition coefficient (Wildman–Crippen LogP) is 3.00. The Labute approximate surface area is 126 Å². The van der Waals surface area contributed by atoms with Gasteiger partial charge in [-0.3, -0.25) is 4.79 Å². The van der Waals surface area contributed by atoms with Gasteiger partial charge < -0.3 is 4.74 Å². The Kier molecular flexibility index (Phi) is 5.04. The molecule has 21 heavy (non-hydrogen) atoms. The van der Waals surface area contributed by atoms with Gasteiger partial charge in [0.05, 0.1) is 18.6 Å². The third kappa shape index (κ3) is 4.30. The molecule has 1 aliphatic rings. The van der Waals surface area contributed by atoms with Crippen molar-refractivity contribution in [2.45, 2.75) is 38.4 Å². The van der Waals surface area contributed by atoms with Crippen molar-refractivity contribution in [3.63, 3.8) is 0 Å². The van der Waals surface area contributed by atoms with Crippen LogP contribution in [0.2, 0.25) is 0 Å². The minimum atomic E-state index is -3.18. The summed E-state index contributed by atoms with van der Waals surface area (Å²) < 4.78 is 29.9. The van der Waals surface area contributed by atoms with Gasteiger partial charge in [0.25, 0.3) is 0 Å². The molecule has 5 heteroatoms. The molecule has 1 aromatic rings. The van der Waals surface area contributed by atoms with Crippen LogP contribution in [0.4, 0.5) is 0 Å². The summed E-state index contributed by atoms with van der Waals surface area (Å²) in [6.07, 6.45) is 4.26. The minimum absolute atomic E-state index is 0.0617. The summed E-state index contributed by atoms with van der Waals surface area (Å²) in [7, 11) is -1.67. The van der Waals surface area contributed by atoms with Gasteiger partial charge in [0.2, 0.25) is 0 Å². The molecular weight excluding hydrogens is 288 g/mol. The Morgan fingerprint density at radius 1 is 1.29 bits per heavy atom. The minimum Gasteiger partial charge on any atom is -0.496 e. The Balaban J connectivity index is 2.20. The van der Waals surface area contributed by atoms with Crippen LogP contribution >= 0.6 is 0 Å². The summed E-state index contributed by atoms with van der Waals surface area (Å²) in [5.41, 5.74) is 1.09. The van der Waals surface area contributed by atoms with Crippen LogP contribution in [0.1, 0.15) is 48.5 Å². The van der Waals surface area contributed by atoms with Crippen LogP contribution in [0.5, 0.6) is 5.75 Å². The average molecular weight is 310 g/mol. The lowest BCUT2D eigenvalue weighted by atomic mass is 10.1. The van der Waals surface area contributed by atoms with E-state index >= 15 is 0 Å². The molecule has 1 aromatic carbocycles. The number of hydrogen-bond acceptors (Lipinski definition) is 4. The lowest BCUT2D eigenvalue weighted by molar-refractivity contribution is 0.101. The summed E-state index contributed by atoms with van der Waals surface area (Å²) in [5, 5.41) is 0. The third-order valence-electron chi connectivity index (χ3n) is 4.03. The van der Waals surface area contributed by atoms with Crippen molar-refractivity contribution < 1.29 is 17.9 Å². The van der Waals surface area contributed by atoms with E-state index in [4.69, 9.17) is 4.74 Å². The van der Waals surface area contributed by atoms with Crippen LogP contribution in [0.15, 0.2) is 18.2 Å². The third-order valence-corrected chi connectivity index (χ3v) is 5.76. The first kappa shape index (κ1) is 16.0. The average Bonchev–Trinajstić information content (AvgIpc) is 2.90. The fraction of sp³-hybridized carbons (Fsp3) is 0.562. The number of carbonyl (C=O) groups is 1. The highest BCUT2D eigenvalue weighted by molar-refractivity contribution is 7.90. The second-order valence-corrected chi connectivity index (χ2v) is 7.90. The molecule has 0 aliphatic heterocycles. The summed E-state index contributed by atoms with van der Waals surface area (Å²) in [4.78, 5) is 11.5. The molecule has 1 saturated carbocycles. The summed E-state index contributed by atoms with van der Waals surface area (Å²) in [6.45, 7) is 1.47. The number of methoxy groups -OCH3 is 1. The van der Waals surface area contributed by atoms with Crippen molar-refractivity contribution in [2.24, 2.45) is 5.92 Å². The maximum atomic E-state index is 12.4. The van der Waals surface area contributed by atoms with Crippen LogP contribution in [0, 0.1) is 5.92 Å². The highest BCUT2D eigenvalue weighted by Gasteiger charge is 2.24. The molecule has 0 radical (unpaired) electrons. The lowest BCUT2D eigenvalue weighted by Gasteiger charge is -2.13. The molecule has 0 atom stereocenters. The van der Waals surface area contributed by atoms with Crippen LogP contribution in [-0.4, -0.2) is 27.1 Å². The summed E-state index contributed by atoms with van der Waals surface area (Å²) >= 11 is 0. The Bertz CT molecular complexity index is 613. The van der Waals surface area contributed by atoms with E-state index in [2.05, 4.69) is 0 Å². The molecule has 0 saturated heterocycles. The second kappa shape index (κ2) is 6.60. The molecule has 116 valence electrons. The SMILES string of the molecule is COc1ccc(C(C)=O)cc1CS(=O)(=O)CC1CCCC1. The summed E-state index contributed by atoms with van der Waals surface area (Å²) in [5.74, 6) is 0.910. The van der Waals surface area contributed by atoms with Crippen molar-refractivity contribution in [2.75, 3.05) is 12.9 Å². The molecule has 0 aromatic heterocycles. The maximum absolute atomic E-state index is 12.4. The molecule has 1 aliphatic carbocycles. The van der Waals surface area contributed by atoms with Gasteiger partial charge in [-0.15, -0.1) is 0 Å². The quantitative estimate of drug-likeness (QED) is 0.758. The first-order valence-corrected chi connectivity index (χ1v) is 9.11. The van der Waals surface area contributed by atoms with Gasteiger partial charge in [-0.05, 0) is 43.9 Å². The Morgan fingerprint density at radius 2 is 1.95 bits per heavy atom. The number of ketones is 1. The molecule has 0 heterocycles. The fourth-order valence-electron chi connectivity index (χ4n) is 2.94. The number of hydrogen-bond donors (Lipinski definition) is 0. The summed E-state index contributed by atoms with van der Waals surface area (Å²) in [6, 6.07) is 4.96. The number of benzene rings is 1. The van der Waals surface area contributed by atoms with Crippen LogP contribution in [-0.2, 0) is 15.6 Å². The first-order chi connectivity index (χ1) is 9.91. The van der Waals surface area contributed by atoms with E-state index < -0.39 is 9.84 Å². The van der Waals surface area contributed by atoms with Crippen molar-refractivity contribution >= 4 is 15.6 Å². The van der Waals surface area contributed by atoms with Gasteiger partial charge in [-0.2, -0.15) is 0 Å². The topological polar surface area (TPSA) is 60.4 Å². The van der Waals surface area contributed by atoms with E-state index in [0.717, 1.165) is 25.7 Å². The van der Waals surface area contributed by atoms with Gasteiger partial charge in [0.1, 0.15) is 5.75 Å². The van der Waals surface area contributed by atoms with Crippen LogP contribution < -0.4 is 4.74 Å². The zero-order chi connectivity index (χ0) is 15.5.